The Labute approximate surface area is 174 Å². The normalized spacial score (nSPS) is 16.2. The fourth-order valence-electron chi connectivity index (χ4n) is 3.43. The molecule has 0 radical (unpaired) electrons. The topological polar surface area (TPSA) is 93.6 Å². The number of amides is 1. The number of ether oxygens (including phenoxy) is 1. The Bertz CT molecular complexity index is 967. The van der Waals surface area contributed by atoms with Crippen molar-refractivity contribution in [3.8, 4) is 0 Å². The van der Waals surface area contributed by atoms with E-state index in [1.165, 1.54) is 42.5 Å². The van der Waals surface area contributed by atoms with E-state index >= 15 is 0 Å². The SMILES string of the molecule is C[C@@H](OC(=O)c1cccc(S(C)(=O)=O)c1)C(=O)N(c1nccs1)C1CCCCC1. The molecule has 1 aliphatic rings. The lowest BCUT2D eigenvalue weighted by atomic mass is 9.94. The summed E-state index contributed by atoms with van der Waals surface area (Å²) < 4.78 is 28.8. The van der Waals surface area contributed by atoms with Gasteiger partial charge in [-0.05, 0) is 38.0 Å². The zero-order valence-corrected chi connectivity index (χ0v) is 18.0. The third-order valence-corrected chi connectivity index (χ3v) is 6.81. The summed E-state index contributed by atoms with van der Waals surface area (Å²) in [5.41, 5.74) is 0.0889. The first-order valence-electron chi connectivity index (χ1n) is 9.51. The number of hydrogen-bond acceptors (Lipinski definition) is 7. The van der Waals surface area contributed by atoms with Gasteiger partial charge < -0.3 is 4.74 Å². The fraction of sp³-hybridized carbons (Fsp3) is 0.450. The zero-order valence-electron chi connectivity index (χ0n) is 16.4. The first-order chi connectivity index (χ1) is 13.8. The summed E-state index contributed by atoms with van der Waals surface area (Å²) >= 11 is 1.38. The number of anilines is 1. The lowest BCUT2D eigenvalue weighted by Gasteiger charge is -2.33. The van der Waals surface area contributed by atoms with E-state index in [-0.39, 0.29) is 22.4 Å². The molecule has 1 fully saturated rings. The van der Waals surface area contributed by atoms with Crippen molar-refractivity contribution in [2.24, 2.45) is 0 Å². The quantitative estimate of drug-likeness (QED) is 0.644. The van der Waals surface area contributed by atoms with Crippen LogP contribution in [0.15, 0.2) is 40.7 Å². The summed E-state index contributed by atoms with van der Waals surface area (Å²) in [6.07, 6.45) is 6.73. The number of carbonyl (C=O) groups excluding carboxylic acids is 2. The third kappa shape index (κ3) is 5.22. The van der Waals surface area contributed by atoms with E-state index in [1.54, 1.807) is 11.1 Å². The average Bonchev–Trinajstić information content (AvgIpc) is 3.22. The van der Waals surface area contributed by atoms with Crippen LogP contribution in [-0.2, 0) is 19.4 Å². The van der Waals surface area contributed by atoms with Crippen LogP contribution in [0, 0.1) is 0 Å². The molecular weight excluding hydrogens is 412 g/mol. The molecule has 9 heteroatoms. The first-order valence-corrected chi connectivity index (χ1v) is 12.3. The molecular formula is C20H24N2O5S2. The number of nitrogens with zero attached hydrogens (tertiary/aromatic N) is 2. The molecule has 0 aliphatic heterocycles. The van der Waals surface area contributed by atoms with Gasteiger partial charge in [0.2, 0.25) is 0 Å². The maximum atomic E-state index is 13.2. The van der Waals surface area contributed by atoms with E-state index in [0.29, 0.717) is 5.13 Å². The van der Waals surface area contributed by atoms with E-state index in [2.05, 4.69) is 4.98 Å². The number of benzene rings is 1. The van der Waals surface area contributed by atoms with Crippen molar-refractivity contribution in [2.75, 3.05) is 11.2 Å². The zero-order chi connectivity index (χ0) is 21.0. The van der Waals surface area contributed by atoms with Gasteiger partial charge in [0.25, 0.3) is 5.91 Å². The molecule has 29 heavy (non-hydrogen) atoms. The van der Waals surface area contributed by atoms with Crippen LogP contribution in [0.1, 0.15) is 49.4 Å². The molecule has 0 saturated heterocycles. The largest absolute Gasteiger partial charge is 0.449 e. The molecule has 1 atom stereocenters. The fourth-order valence-corrected chi connectivity index (χ4v) is 4.82. The number of carbonyl (C=O) groups is 2. The molecule has 0 bridgehead atoms. The standard InChI is InChI=1S/C20H24N2O5S2/c1-14(27-19(24)15-7-6-10-17(13-15)29(2,25)26)18(23)22(20-21-11-12-28-20)16-8-4-3-5-9-16/h6-7,10-14,16H,3-5,8-9H2,1-2H3/t14-/m1/s1. The molecule has 3 rings (SSSR count). The van der Waals surface area contributed by atoms with E-state index in [4.69, 9.17) is 4.74 Å². The molecule has 2 aromatic rings. The highest BCUT2D eigenvalue weighted by atomic mass is 32.2. The Hall–Kier alpha value is -2.26. The highest BCUT2D eigenvalue weighted by Crippen LogP contribution is 2.29. The van der Waals surface area contributed by atoms with Crippen molar-refractivity contribution in [1.29, 1.82) is 0 Å². The van der Waals surface area contributed by atoms with E-state index in [1.807, 2.05) is 5.38 Å². The lowest BCUT2D eigenvalue weighted by Crippen LogP contribution is -2.47. The molecule has 1 heterocycles. The molecule has 156 valence electrons. The summed E-state index contributed by atoms with van der Waals surface area (Å²) in [5.74, 6) is -1.06. The van der Waals surface area contributed by atoms with Crippen molar-refractivity contribution >= 4 is 38.2 Å². The monoisotopic (exact) mass is 436 g/mol. The molecule has 0 N–H and O–H groups in total. The predicted octanol–water partition coefficient (Wildman–Crippen LogP) is 3.46. The van der Waals surface area contributed by atoms with Crippen LogP contribution in [-0.4, -0.2) is 43.7 Å². The van der Waals surface area contributed by atoms with Crippen LogP contribution in [0.4, 0.5) is 5.13 Å². The van der Waals surface area contributed by atoms with Crippen molar-refractivity contribution in [3.05, 3.63) is 41.4 Å². The Balaban J connectivity index is 1.76. The minimum absolute atomic E-state index is 0.0255. The number of esters is 1. The minimum atomic E-state index is -3.45. The Morgan fingerprint density at radius 3 is 2.59 bits per heavy atom. The minimum Gasteiger partial charge on any atom is -0.449 e. The van der Waals surface area contributed by atoms with E-state index in [9.17, 15) is 18.0 Å². The van der Waals surface area contributed by atoms with Gasteiger partial charge in [-0.25, -0.2) is 18.2 Å². The third-order valence-electron chi connectivity index (χ3n) is 4.93. The van der Waals surface area contributed by atoms with Crippen LogP contribution >= 0.6 is 11.3 Å². The van der Waals surface area contributed by atoms with Gasteiger partial charge in [-0.1, -0.05) is 25.3 Å². The summed E-state index contributed by atoms with van der Waals surface area (Å²) in [5, 5.41) is 2.41. The predicted molar refractivity (Wildman–Crippen MR) is 111 cm³/mol. The second-order valence-electron chi connectivity index (χ2n) is 7.16. The van der Waals surface area contributed by atoms with Crippen LogP contribution in [0.5, 0.6) is 0 Å². The highest BCUT2D eigenvalue weighted by molar-refractivity contribution is 7.90. The molecule has 1 aliphatic carbocycles. The number of aromatic nitrogens is 1. The van der Waals surface area contributed by atoms with Crippen molar-refractivity contribution in [3.63, 3.8) is 0 Å². The van der Waals surface area contributed by atoms with E-state index in [0.717, 1.165) is 38.4 Å². The van der Waals surface area contributed by atoms with Crippen molar-refractivity contribution < 1.29 is 22.7 Å². The van der Waals surface area contributed by atoms with Crippen LogP contribution < -0.4 is 4.90 Å². The lowest BCUT2D eigenvalue weighted by molar-refractivity contribution is -0.127. The van der Waals surface area contributed by atoms with Gasteiger partial charge in [0.05, 0.1) is 10.5 Å². The smallest absolute Gasteiger partial charge is 0.338 e. The van der Waals surface area contributed by atoms with Gasteiger partial charge in [0.15, 0.2) is 21.1 Å². The summed E-state index contributed by atoms with van der Waals surface area (Å²) in [6.45, 7) is 1.53. The van der Waals surface area contributed by atoms with Gasteiger partial charge in [0.1, 0.15) is 0 Å². The van der Waals surface area contributed by atoms with Crippen molar-refractivity contribution in [2.45, 2.75) is 56.1 Å². The molecule has 1 aromatic heterocycles. The summed E-state index contributed by atoms with van der Waals surface area (Å²) in [4.78, 5) is 31.7. The molecule has 1 amide bonds. The van der Waals surface area contributed by atoms with E-state index < -0.39 is 21.9 Å². The van der Waals surface area contributed by atoms with Crippen LogP contribution in [0.3, 0.4) is 0 Å². The molecule has 1 aromatic carbocycles. The van der Waals surface area contributed by atoms with Crippen molar-refractivity contribution in [1.82, 2.24) is 4.98 Å². The van der Waals surface area contributed by atoms with Crippen LogP contribution in [0.25, 0.3) is 0 Å². The van der Waals surface area contributed by atoms with Crippen LogP contribution in [0.2, 0.25) is 0 Å². The highest BCUT2D eigenvalue weighted by Gasteiger charge is 2.33. The molecule has 0 spiro atoms. The summed E-state index contributed by atoms with van der Waals surface area (Å²) in [7, 11) is -3.45. The molecule has 1 saturated carbocycles. The van der Waals surface area contributed by atoms with Gasteiger partial charge in [0, 0.05) is 23.9 Å². The Morgan fingerprint density at radius 2 is 1.97 bits per heavy atom. The molecule has 0 unspecified atom stereocenters. The second-order valence-corrected chi connectivity index (χ2v) is 10.1. The first kappa shape index (κ1) is 21.4. The summed E-state index contributed by atoms with van der Waals surface area (Å²) in [6, 6.07) is 5.65. The maximum Gasteiger partial charge on any atom is 0.338 e. The Morgan fingerprint density at radius 1 is 1.24 bits per heavy atom. The maximum absolute atomic E-state index is 13.2. The number of thiazole rings is 1. The van der Waals surface area contributed by atoms with Gasteiger partial charge in [-0.3, -0.25) is 9.69 Å². The second kappa shape index (κ2) is 9.04. The molecule has 7 nitrogen and oxygen atoms in total. The average molecular weight is 437 g/mol. The number of hydrogen-bond donors (Lipinski definition) is 0. The van der Waals surface area contributed by atoms with Gasteiger partial charge >= 0.3 is 5.97 Å². The number of sulfone groups is 1. The van der Waals surface area contributed by atoms with Gasteiger partial charge in [-0.2, -0.15) is 0 Å². The number of rotatable bonds is 6. The van der Waals surface area contributed by atoms with Gasteiger partial charge in [-0.15, -0.1) is 11.3 Å². The Kier molecular flexibility index (Phi) is 6.69.